The zero-order valence-electron chi connectivity index (χ0n) is 15.3. The molecule has 0 unspecified atom stereocenters. The summed E-state index contributed by atoms with van der Waals surface area (Å²) >= 11 is 0. The molecule has 0 saturated carbocycles. The molecule has 2 aromatic rings. The number of nitrogens with zero attached hydrogens (tertiary/aromatic N) is 1. The van der Waals surface area contributed by atoms with Crippen LogP contribution in [0.2, 0.25) is 0 Å². The molecule has 0 aliphatic heterocycles. The summed E-state index contributed by atoms with van der Waals surface area (Å²) < 4.78 is 5.34. The molecule has 25 heavy (non-hydrogen) atoms. The lowest BCUT2D eigenvalue weighted by atomic mass is 9.97. The number of amides is 2. The van der Waals surface area contributed by atoms with Gasteiger partial charge in [-0.3, -0.25) is 14.6 Å². The molecule has 0 spiro atoms. The van der Waals surface area contributed by atoms with Crippen LogP contribution in [-0.4, -0.2) is 23.3 Å². The molecule has 134 valence electrons. The highest BCUT2D eigenvalue weighted by Crippen LogP contribution is 2.22. The van der Waals surface area contributed by atoms with Gasteiger partial charge >= 0.3 is 0 Å². The van der Waals surface area contributed by atoms with Crippen LogP contribution >= 0.6 is 0 Å². The van der Waals surface area contributed by atoms with Crippen molar-refractivity contribution in [2.45, 2.75) is 40.7 Å². The molecule has 0 bridgehead atoms. The van der Waals surface area contributed by atoms with Crippen molar-refractivity contribution >= 4 is 11.8 Å². The Morgan fingerprint density at radius 1 is 1.24 bits per heavy atom. The van der Waals surface area contributed by atoms with E-state index in [0.29, 0.717) is 17.1 Å². The molecule has 6 heteroatoms. The smallest absolute Gasteiger partial charge is 0.255 e. The maximum atomic E-state index is 12.3. The summed E-state index contributed by atoms with van der Waals surface area (Å²) in [4.78, 5) is 28.9. The van der Waals surface area contributed by atoms with Crippen LogP contribution in [0.1, 0.15) is 53.0 Å². The number of pyridine rings is 1. The first kappa shape index (κ1) is 18.7. The van der Waals surface area contributed by atoms with Gasteiger partial charge in [0.2, 0.25) is 5.91 Å². The van der Waals surface area contributed by atoms with Crippen LogP contribution in [-0.2, 0) is 4.79 Å². The highest BCUT2D eigenvalue weighted by Gasteiger charge is 2.22. The van der Waals surface area contributed by atoms with Gasteiger partial charge in [0.15, 0.2) is 0 Å². The Labute approximate surface area is 148 Å². The highest BCUT2D eigenvalue weighted by atomic mass is 16.3. The van der Waals surface area contributed by atoms with Gasteiger partial charge in [-0.25, -0.2) is 0 Å². The van der Waals surface area contributed by atoms with Crippen molar-refractivity contribution in [3.8, 4) is 0 Å². The average molecular weight is 343 g/mol. The fourth-order valence-corrected chi connectivity index (χ4v) is 2.71. The molecular formula is C19H25N3O3. The zero-order chi connectivity index (χ0) is 18.6. The van der Waals surface area contributed by atoms with Gasteiger partial charge in [-0.05, 0) is 44.4 Å². The Kier molecular flexibility index (Phi) is 5.96. The largest absolute Gasteiger partial charge is 0.466 e. The number of aromatic nitrogens is 1. The quantitative estimate of drug-likeness (QED) is 0.845. The predicted molar refractivity (Wildman–Crippen MR) is 95.2 cm³/mol. The molecule has 0 aliphatic carbocycles. The van der Waals surface area contributed by atoms with E-state index < -0.39 is 0 Å². The van der Waals surface area contributed by atoms with Crippen LogP contribution in [0.25, 0.3) is 0 Å². The molecule has 0 aromatic carbocycles. The molecule has 0 fully saturated rings. The molecule has 2 N–H and O–H groups in total. The molecule has 6 nitrogen and oxygen atoms in total. The van der Waals surface area contributed by atoms with Crippen molar-refractivity contribution in [3.63, 3.8) is 0 Å². The second kappa shape index (κ2) is 7.96. The normalized spacial score (nSPS) is 12.1. The van der Waals surface area contributed by atoms with Gasteiger partial charge in [0, 0.05) is 6.20 Å². The number of carbonyl (C=O) groups excluding carboxylic acids is 2. The molecule has 2 rings (SSSR count). The van der Waals surface area contributed by atoms with Crippen molar-refractivity contribution < 1.29 is 14.0 Å². The molecule has 2 heterocycles. The van der Waals surface area contributed by atoms with E-state index >= 15 is 0 Å². The van der Waals surface area contributed by atoms with Gasteiger partial charge in [0.05, 0.1) is 23.8 Å². The molecular weight excluding hydrogens is 318 g/mol. The first-order valence-electron chi connectivity index (χ1n) is 8.35. The van der Waals surface area contributed by atoms with Crippen LogP contribution < -0.4 is 10.6 Å². The first-order valence-corrected chi connectivity index (χ1v) is 8.35. The zero-order valence-corrected chi connectivity index (χ0v) is 15.3. The lowest BCUT2D eigenvalue weighted by Crippen LogP contribution is -2.40. The summed E-state index contributed by atoms with van der Waals surface area (Å²) in [5.74, 6) is 0.804. The maximum Gasteiger partial charge on any atom is 0.255 e. The first-order chi connectivity index (χ1) is 11.8. The number of hydrogen-bond acceptors (Lipinski definition) is 4. The minimum atomic E-state index is -0.320. The van der Waals surface area contributed by atoms with E-state index in [0.717, 1.165) is 11.3 Å². The van der Waals surface area contributed by atoms with Crippen molar-refractivity contribution in [3.05, 3.63) is 52.7 Å². The minimum absolute atomic E-state index is 0.0996. The third-order valence-corrected chi connectivity index (χ3v) is 4.02. The highest BCUT2D eigenvalue weighted by molar-refractivity contribution is 5.97. The summed E-state index contributed by atoms with van der Waals surface area (Å²) in [7, 11) is 0. The SMILES string of the molecule is Cc1cc(C(=O)NCC(=O)N[C@@H](c2ncccc2C)C(C)C)c(C)o1. The topological polar surface area (TPSA) is 84.2 Å². The van der Waals surface area contributed by atoms with Gasteiger partial charge < -0.3 is 15.1 Å². The molecule has 2 amide bonds. The monoisotopic (exact) mass is 343 g/mol. The van der Waals surface area contributed by atoms with Gasteiger partial charge in [0.25, 0.3) is 5.91 Å². The Morgan fingerprint density at radius 2 is 1.96 bits per heavy atom. The number of furan rings is 1. The summed E-state index contributed by atoms with van der Waals surface area (Å²) in [5, 5.41) is 5.59. The fraction of sp³-hybridized carbons (Fsp3) is 0.421. The molecule has 0 saturated heterocycles. The van der Waals surface area contributed by atoms with E-state index in [-0.39, 0.29) is 30.3 Å². The minimum Gasteiger partial charge on any atom is -0.466 e. The van der Waals surface area contributed by atoms with Crippen LogP contribution in [0.3, 0.4) is 0 Å². The second-order valence-electron chi connectivity index (χ2n) is 6.50. The Morgan fingerprint density at radius 3 is 2.52 bits per heavy atom. The molecule has 0 radical (unpaired) electrons. The third-order valence-electron chi connectivity index (χ3n) is 4.02. The van der Waals surface area contributed by atoms with Crippen LogP contribution in [0, 0.1) is 26.7 Å². The van der Waals surface area contributed by atoms with Crippen LogP contribution in [0.15, 0.2) is 28.8 Å². The Balaban J connectivity index is 1.99. The summed E-state index contributed by atoms with van der Waals surface area (Å²) in [5.41, 5.74) is 2.32. The van der Waals surface area contributed by atoms with Gasteiger partial charge in [-0.1, -0.05) is 19.9 Å². The van der Waals surface area contributed by atoms with E-state index in [9.17, 15) is 9.59 Å². The summed E-state index contributed by atoms with van der Waals surface area (Å²) in [6.45, 7) is 9.41. The van der Waals surface area contributed by atoms with Crippen molar-refractivity contribution in [1.29, 1.82) is 0 Å². The lowest BCUT2D eigenvalue weighted by molar-refractivity contribution is -0.121. The Bertz CT molecular complexity index is 765. The molecule has 1 atom stereocenters. The maximum absolute atomic E-state index is 12.3. The van der Waals surface area contributed by atoms with E-state index in [4.69, 9.17) is 4.42 Å². The van der Waals surface area contributed by atoms with Crippen molar-refractivity contribution in [2.75, 3.05) is 6.54 Å². The lowest BCUT2D eigenvalue weighted by Gasteiger charge is -2.23. The van der Waals surface area contributed by atoms with Gasteiger partial charge in [-0.15, -0.1) is 0 Å². The van der Waals surface area contributed by atoms with Crippen LogP contribution in [0.4, 0.5) is 0 Å². The van der Waals surface area contributed by atoms with E-state index in [1.165, 1.54) is 0 Å². The van der Waals surface area contributed by atoms with E-state index in [2.05, 4.69) is 15.6 Å². The molecule has 0 aliphatic rings. The number of nitrogens with one attached hydrogen (secondary N) is 2. The van der Waals surface area contributed by atoms with Gasteiger partial charge in [-0.2, -0.15) is 0 Å². The summed E-state index contributed by atoms with van der Waals surface area (Å²) in [6.07, 6.45) is 1.72. The number of carbonyl (C=O) groups is 2. The van der Waals surface area contributed by atoms with Crippen molar-refractivity contribution in [1.82, 2.24) is 15.6 Å². The predicted octanol–water partition coefficient (Wildman–Crippen LogP) is 2.84. The van der Waals surface area contributed by atoms with E-state index in [1.807, 2.05) is 32.9 Å². The van der Waals surface area contributed by atoms with Gasteiger partial charge in [0.1, 0.15) is 11.5 Å². The fourth-order valence-electron chi connectivity index (χ4n) is 2.71. The number of rotatable bonds is 6. The Hall–Kier alpha value is -2.63. The average Bonchev–Trinajstić information content (AvgIpc) is 2.89. The summed E-state index contributed by atoms with van der Waals surface area (Å²) in [6, 6.07) is 5.29. The standard InChI is InChI=1S/C19H25N3O3/c1-11(2)17(18-12(3)7-6-8-20-18)22-16(23)10-21-19(24)15-9-13(4)25-14(15)5/h6-9,11,17H,10H2,1-5H3,(H,21,24)(H,22,23)/t17-/m1/s1. The van der Waals surface area contributed by atoms with Crippen molar-refractivity contribution in [2.24, 2.45) is 5.92 Å². The van der Waals surface area contributed by atoms with E-state index in [1.54, 1.807) is 26.1 Å². The second-order valence-corrected chi connectivity index (χ2v) is 6.50. The molecule has 2 aromatic heterocycles. The number of hydrogen-bond donors (Lipinski definition) is 2. The van der Waals surface area contributed by atoms with Crippen LogP contribution in [0.5, 0.6) is 0 Å². The number of aryl methyl sites for hydroxylation is 3. The third kappa shape index (κ3) is 4.68.